The van der Waals surface area contributed by atoms with Gasteiger partial charge in [-0.25, -0.2) is 0 Å². The highest BCUT2D eigenvalue weighted by Gasteiger charge is 2.52. The van der Waals surface area contributed by atoms with E-state index in [2.05, 4.69) is 10.1 Å². The highest BCUT2D eigenvalue weighted by atomic mass is 19.4. The molecule has 0 amide bonds. The van der Waals surface area contributed by atoms with Gasteiger partial charge in [0.2, 0.25) is 0 Å². The van der Waals surface area contributed by atoms with Crippen LogP contribution in [0.3, 0.4) is 0 Å². The fourth-order valence-corrected chi connectivity index (χ4v) is 2.35. The van der Waals surface area contributed by atoms with Gasteiger partial charge in [-0.1, -0.05) is 6.07 Å². The minimum absolute atomic E-state index is 0.0710. The summed E-state index contributed by atoms with van der Waals surface area (Å²) in [4.78, 5) is 0. The van der Waals surface area contributed by atoms with Gasteiger partial charge in [-0.3, -0.25) is 0 Å². The van der Waals surface area contributed by atoms with Crippen LogP contribution in [-0.4, -0.2) is 54.2 Å². The molecule has 1 heterocycles. The Labute approximate surface area is 150 Å². The molecule has 0 aromatic heterocycles. The number of rotatable bonds is 6. The third-order valence-electron chi connectivity index (χ3n) is 4.50. The normalized spacial score (nSPS) is 20.1. The molecule has 1 saturated heterocycles. The minimum atomic E-state index is -4.83. The highest BCUT2D eigenvalue weighted by Crippen LogP contribution is 2.37. The summed E-state index contributed by atoms with van der Waals surface area (Å²) in [5.41, 5.74) is -0.539. The first kappa shape index (κ1) is 20.8. The van der Waals surface area contributed by atoms with Crippen LogP contribution in [0.4, 0.5) is 18.9 Å². The molecule has 1 atom stereocenters. The van der Waals surface area contributed by atoms with Crippen molar-refractivity contribution < 1.29 is 37.4 Å². The van der Waals surface area contributed by atoms with E-state index in [1.54, 1.807) is 0 Å². The van der Waals surface area contributed by atoms with Gasteiger partial charge in [0.25, 0.3) is 0 Å². The largest absolute Gasteiger partial charge is 0.573 e. The van der Waals surface area contributed by atoms with Crippen LogP contribution in [-0.2, 0) is 9.31 Å². The van der Waals surface area contributed by atoms with Crippen molar-refractivity contribution in [2.75, 3.05) is 18.5 Å². The van der Waals surface area contributed by atoms with Gasteiger partial charge in [0.15, 0.2) is 0 Å². The Morgan fingerprint density at radius 1 is 1.19 bits per heavy atom. The molecule has 0 radical (unpaired) electrons. The summed E-state index contributed by atoms with van der Waals surface area (Å²) in [6.45, 7) is 6.87. The average molecular weight is 377 g/mol. The standard InChI is InChI=1S/C16H23BF3NO5/c1-14(2)15(3,4)26-17(25-14)12-6-5-11(24-16(18,19)20)7-13(12)21-8-10(23)9-22/h5-7,10,21-23H,8-9H2,1-4H3. The molecule has 10 heteroatoms. The lowest BCUT2D eigenvalue weighted by Crippen LogP contribution is -2.41. The third-order valence-corrected chi connectivity index (χ3v) is 4.50. The summed E-state index contributed by atoms with van der Waals surface area (Å²) in [6.07, 6.45) is -5.90. The van der Waals surface area contributed by atoms with Crippen LogP contribution in [0, 0.1) is 0 Å². The smallest absolute Gasteiger partial charge is 0.406 e. The van der Waals surface area contributed by atoms with E-state index in [-0.39, 0.29) is 12.2 Å². The van der Waals surface area contributed by atoms with Gasteiger partial charge >= 0.3 is 13.5 Å². The topological polar surface area (TPSA) is 80.2 Å². The lowest BCUT2D eigenvalue weighted by atomic mass is 9.77. The van der Waals surface area contributed by atoms with Crippen LogP contribution >= 0.6 is 0 Å². The van der Waals surface area contributed by atoms with E-state index >= 15 is 0 Å². The van der Waals surface area contributed by atoms with E-state index in [4.69, 9.17) is 14.4 Å². The second-order valence-electron chi connectivity index (χ2n) is 7.10. The molecule has 1 fully saturated rings. The van der Waals surface area contributed by atoms with E-state index in [1.165, 1.54) is 12.1 Å². The first-order chi connectivity index (χ1) is 11.8. The first-order valence-corrected chi connectivity index (χ1v) is 8.13. The Hall–Kier alpha value is -1.49. The van der Waals surface area contributed by atoms with Gasteiger partial charge in [0, 0.05) is 23.8 Å². The third kappa shape index (κ3) is 4.82. The van der Waals surface area contributed by atoms with Gasteiger partial charge in [-0.2, -0.15) is 0 Å². The van der Waals surface area contributed by atoms with Gasteiger partial charge in [-0.05, 0) is 33.8 Å². The molecule has 1 aromatic rings. The number of hydrogen-bond donors (Lipinski definition) is 3. The molecule has 1 aromatic carbocycles. The molecular formula is C16H23BF3NO5. The number of aliphatic hydroxyl groups excluding tert-OH is 2. The van der Waals surface area contributed by atoms with Crippen LogP contribution < -0.4 is 15.5 Å². The maximum absolute atomic E-state index is 12.5. The molecular weight excluding hydrogens is 354 g/mol. The summed E-state index contributed by atoms with van der Waals surface area (Å²) >= 11 is 0. The summed E-state index contributed by atoms with van der Waals surface area (Å²) in [7, 11) is -0.811. The lowest BCUT2D eigenvalue weighted by molar-refractivity contribution is -0.274. The van der Waals surface area contributed by atoms with Crippen molar-refractivity contribution in [2.24, 2.45) is 0 Å². The fourth-order valence-electron chi connectivity index (χ4n) is 2.35. The zero-order chi connectivity index (χ0) is 19.8. The van der Waals surface area contributed by atoms with Crippen molar-refractivity contribution >= 4 is 18.3 Å². The summed E-state index contributed by atoms with van der Waals surface area (Å²) in [6, 6.07) is 3.73. The zero-order valence-corrected chi connectivity index (χ0v) is 15.1. The summed E-state index contributed by atoms with van der Waals surface area (Å²) < 4.78 is 53.2. The van der Waals surface area contributed by atoms with Gasteiger partial charge < -0.3 is 29.6 Å². The molecule has 146 valence electrons. The first-order valence-electron chi connectivity index (χ1n) is 8.13. The SMILES string of the molecule is CC1(C)OB(c2ccc(OC(F)(F)F)cc2NCC(O)CO)OC1(C)C. The van der Waals surface area contributed by atoms with E-state index in [1.807, 2.05) is 27.7 Å². The van der Waals surface area contributed by atoms with Crippen molar-refractivity contribution in [3.63, 3.8) is 0 Å². The number of halogens is 3. The van der Waals surface area contributed by atoms with Crippen molar-refractivity contribution in [1.82, 2.24) is 0 Å². The highest BCUT2D eigenvalue weighted by molar-refractivity contribution is 6.64. The molecule has 0 spiro atoms. The Morgan fingerprint density at radius 2 is 1.77 bits per heavy atom. The number of benzene rings is 1. The van der Waals surface area contributed by atoms with E-state index in [0.717, 1.165) is 6.07 Å². The number of aliphatic hydroxyl groups is 2. The lowest BCUT2D eigenvalue weighted by Gasteiger charge is -2.32. The fraction of sp³-hybridized carbons (Fsp3) is 0.625. The summed E-state index contributed by atoms with van der Waals surface area (Å²) in [5, 5.41) is 21.2. The molecule has 1 aliphatic rings. The Bertz CT molecular complexity index is 623. The molecule has 1 unspecified atom stereocenters. The van der Waals surface area contributed by atoms with Crippen LogP contribution in [0.5, 0.6) is 5.75 Å². The molecule has 6 nitrogen and oxygen atoms in total. The maximum Gasteiger partial charge on any atom is 0.573 e. The summed E-state index contributed by atoms with van der Waals surface area (Å²) in [5.74, 6) is -0.418. The van der Waals surface area contributed by atoms with Crippen molar-refractivity contribution in [2.45, 2.75) is 51.4 Å². The number of alkyl halides is 3. The number of anilines is 1. The van der Waals surface area contributed by atoms with E-state index < -0.39 is 43.1 Å². The Kier molecular flexibility index (Phi) is 5.82. The second-order valence-corrected chi connectivity index (χ2v) is 7.10. The number of nitrogens with one attached hydrogen (secondary N) is 1. The second kappa shape index (κ2) is 7.26. The van der Waals surface area contributed by atoms with Gasteiger partial charge in [0.1, 0.15) is 5.75 Å². The number of ether oxygens (including phenoxy) is 1. The zero-order valence-electron chi connectivity index (χ0n) is 15.1. The van der Waals surface area contributed by atoms with Crippen LogP contribution in [0.2, 0.25) is 0 Å². The van der Waals surface area contributed by atoms with Crippen molar-refractivity contribution in [1.29, 1.82) is 0 Å². The van der Waals surface area contributed by atoms with Crippen LogP contribution in [0.1, 0.15) is 27.7 Å². The van der Waals surface area contributed by atoms with Crippen LogP contribution in [0.25, 0.3) is 0 Å². The predicted octanol–water partition coefficient (Wildman–Crippen LogP) is 1.65. The quantitative estimate of drug-likeness (QED) is 0.655. The van der Waals surface area contributed by atoms with E-state index in [9.17, 15) is 18.3 Å². The van der Waals surface area contributed by atoms with Gasteiger partial charge in [-0.15, -0.1) is 13.2 Å². The predicted molar refractivity (Wildman–Crippen MR) is 90.4 cm³/mol. The molecule has 0 bridgehead atoms. The van der Waals surface area contributed by atoms with Crippen molar-refractivity contribution in [3.8, 4) is 5.75 Å². The van der Waals surface area contributed by atoms with Gasteiger partial charge in [0.05, 0.1) is 23.9 Å². The molecule has 2 rings (SSSR count). The number of hydrogen-bond acceptors (Lipinski definition) is 6. The molecule has 1 aliphatic heterocycles. The maximum atomic E-state index is 12.5. The molecule has 26 heavy (non-hydrogen) atoms. The Morgan fingerprint density at radius 3 is 2.27 bits per heavy atom. The molecule has 0 saturated carbocycles. The van der Waals surface area contributed by atoms with E-state index in [0.29, 0.717) is 5.46 Å². The van der Waals surface area contributed by atoms with Crippen LogP contribution in [0.15, 0.2) is 18.2 Å². The average Bonchev–Trinajstić information content (AvgIpc) is 2.71. The Balaban J connectivity index is 2.32. The minimum Gasteiger partial charge on any atom is -0.406 e. The molecule has 3 N–H and O–H groups in total. The van der Waals surface area contributed by atoms with Crippen molar-refractivity contribution in [3.05, 3.63) is 18.2 Å². The monoisotopic (exact) mass is 377 g/mol. The molecule has 0 aliphatic carbocycles.